The maximum atomic E-state index is 11.5. The lowest BCUT2D eigenvalue weighted by Crippen LogP contribution is -2.26. The molecule has 0 unspecified atom stereocenters. The van der Waals surface area contributed by atoms with Gasteiger partial charge in [-0.15, -0.1) is 0 Å². The van der Waals surface area contributed by atoms with Crippen LogP contribution in [0.5, 0.6) is 0 Å². The summed E-state index contributed by atoms with van der Waals surface area (Å²) in [6, 6.07) is 5.31. The third kappa shape index (κ3) is 3.00. The lowest BCUT2D eigenvalue weighted by Gasteiger charge is -2.01. The first kappa shape index (κ1) is 12.4. The molecular weight excluding hydrogens is 254 g/mol. The molecule has 0 atom stereocenters. The zero-order valence-corrected chi connectivity index (χ0v) is 9.38. The van der Waals surface area contributed by atoms with Gasteiger partial charge in [0.25, 0.3) is 5.56 Å². The van der Waals surface area contributed by atoms with Gasteiger partial charge < -0.3 is 9.72 Å². The van der Waals surface area contributed by atoms with Gasteiger partial charge in [0.2, 0.25) is 0 Å². The lowest BCUT2D eigenvalue weighted by molar-refractivity contribution is 0.0389. The summed E-state index contributed by atoms with van der Waals surface area (Å²) in [5.74, 6) is -2.12. The minimum atomic E-state index is -1.14. The van der Waals surface area contributed by atoms with E-state index in [1.807, 2.05) is 9.97 Å². The molecule has 0 fully saturated rings. The lowest BCUT2D eigenvalue weighted by atomic mass is 10.3. The zero-order valence-electron chi connectivity index (χ0n) is 9.38. The van der Waals surface area contributed by atoms with Crippen molar-refractivity contribution >= 4 is 11.9 Å². The number of carbonyl (C=O) groups is 2. The van der Waals surface area contributed by atoms with Crippen LogP contribution in [-0.4, -0.2) is 26.9 Å². The molecule has 0 aliphatic rings. The van der Waals surface area contributed by atoms with Crippen LogP contribution >= 0.6 is 0 Å². The largest absolute Gasteiger partial charge is 0.383 e. The molecule has 2 aromatic heterocycles. The van der Waals surface area contributed by atoms with Crippen molar-refractivity contribution in [1.82, 2.24) is 15.0 Å². The van der Waals surface area contributed by atoms with Crippen LogP contribution in [0.15, 0.2) is 40.1 Å². The van der Waals surface area contributed by atoms with E-state index in [1.165, 1.54) is 12.3 Å². The molecule has 0 spiro atoms. The summed E-state index contributed by atoms with van der Waals surface area (Å²) in [6.07, 6.45) is 1.36. The number of aromatic amines is 2. The summed E-state index contributed by atoms with van der Waals surface area (Å²) in [5.41, 5.74) is -2.13. The van der Waals surface area contributed by atoms with Crippen molar-refractivity contribution in [1.29, 1.82) is 0 Å². The van der Waals surface area contributed by atoms with Crippen LogP contribution in [0.1, 0.15) is 21.0 Å². The van der Waals surface area contributed by atoms with Crippen LogP contribution in [0, 0.1) is 0 Å². The molecule has 0 amide bonds. The van der Waals surface area contributed by atoms with Crippen molar-refractivity contribution in [2.45, 2.75) is 0 Å². The predicted octanol–water partition coefficient (Wildman–Crippen LogP) is -0.545. The zero-order chi connectivity index (χ0) is 13.8. The fraction of sp³-hybridized carbons (Fsp3) is 0. The highest BCUT2D eigenvalue weighted by atomic mass is 16.6. The van der Waals surface area contributed by atoms with Gasteiger partial charge >= 0.3 is 17.6 Å². The van der Waals surface area contributed by atoms with Crippen LogP contribution in [-0.2, 0) is 4.74 Å². The molecule has 0 bridgehead atoms. The second-order valence-corrected chi connectivity index (χ2v) is 3.39. The Balaban J connectivity index is 2.20. The number of rotatable bonds is 2. The number of aromatic nitrogens is 3. The highest BCUT2D eigenvalue weighted by Crippen LogP contribution is 2.00. The van der Waals surface area contributed by atoms with Gasteiger partial charge in [-0.3, -0.25) is 9.78 Å². The van der Waals surface area contributed by atoms with E-state index < -0.39 is 28.9 Å². The number of hydrogen-bond acceptors (Lipinski definition) is 6. The van der Waals surface area contributed by atoms with Crippen LogP contribution in [0.2, 0.25) is 0 Å². The first-order chi connectivity index (χ1) is 9.06. The van der Waals surface area contributed by atoms with E-state index in [-0.39, 0.29) is 5.69 Å². The normalized spacial score (nSPS) is 9.89. The number of pyridine rings is 1. The van der Waals surface area contributed by atoms with E-state index in [2.05, 4.69) is 9.72 Å². The van der Waals surface area contributed by atoms with Gasteiger partial charge in [0.05, 0.1) is 0 Å². The Kier molecular flexibility index (Phi) is 3.33. The number of hydrogen-bond donors (Lipinski definition) is 2. The summed E-state index contributed by atoms with van der Waals surface area (Å²) >= 11 is 0. The second kappa shape index (κ2) is 5.08. The van der Waals surface area contributed by atoms with Gasteiger partial charge in [-0.25, -0.2) is 19.4 Å². The van der Waals surface area contributed by atoms with Crippen molar-refractivity contribution in [2.24, 2.45) is 0 Å². The molecule has 2 N–H and O–H groups in total. The molecule has 0 saturated heterocycles. The summed E-state index contributed by atoms with van der Waals surface area (Å²) in [6.45, 7) is 0. The van der Waals surface area contributed by atoms with Crippen molar-refractivity contribution < 1.29 is 14.3 Å². The van der Waals surface area contributed by atoms with Crippen molar-refractivity contribution in [3.63, 3.8) is 0 Å². The highest BCUT2D eigenvalue weighted by molar-refractivity contribution is 6.00. The Labute approximate surface area is 105 Å². The SMILES string of the molecule is O=C(OC(=O)c1cc(=O)[nH]c(=O)[nH]1)c1ccccn1. The van der Waals surface area contributed by atoms with Gasteiger partial charge in [-0.05, 0) is 12.1 Å². The summed E-state index contributed by atoms with van der Waals surface area (Å²) in [4.78, 5) is 52.6. The van der Waals surface area contributed by atoms with Gasteiger partial charge in [0.1, 0.15) is 11.4 Å². The maximum absolute atomic E-state index is 11.5. The van der Waals surface area contributed by atoms with E-state index in [0.29, 0.717) is 0 Å². The number of nitrogens with one attached hydrogen (secondary N) is 2. The number of esters is 2. The van der Waals surface area contributed by atoms with Crippen LogP contribution in [0.25, 0.3) is 0 Å². The molecule has 2 heterocycles. The molecule has 2 aromatic rings. The fourth-order valence-corrected chi connectivity index (χ4v) is 1.25. The fourth-order valence-electron chi connectivity index (χ4n) is 1.25. The van der Waals surface area contributed by atoms with Crippen molar-refractivity contribution in [2.75, 3.05) is 0 Å². The standard InChI is InChI=1S/C11H7N3O5/c15-8-5-7(13-11(18)14-8)10(17)19-9(16)6-3-1-2-4-12-6/h1-5H,(H2,13,14,15,18). The summed E-state index contributed by atoms with van der Waals surface area (Å²) < 4.78 is 4.47. The number of H-pyrrole nitrogens is 2. The first-order valence-electron chi connectivity index (χ1n) is 5.07. The molecule has 96 valence electrons. The summed E-state index contributed by atoms with van der Waals surface area (Å²) in [7, 11) is 0. The van der Waals surface area contributed by atoms with Gasteiger partial charge in [0, 0.05) is 12.3 Å². The highest BCUT2D eigenvalue weighted by Gasteiger charge is 2.16. The quantitative estimate of drug-likeness (QED) is 0.552. The van der Waals surface area contributed by atoms with Crippen LogP contribution in [0.3, 0.4) is 0 Å². The Hall–Kier alpha value is -3.03. The van der Waals surface area contributed by atoms with Gasteiger partial charge in [0.15, 0.2) is 0 Å². The molecule has 2 rings (SSSR count). The first-order valence-corrected chi connectivity index (χ1v) is 5.07. The van der Waals surface area contributed by atoms with Crippen molar-refractivity contribution in [3.8, 4) is 0 Å². The third-order valence-electron chi connectivity index (χ3n) is 2.04. The minimum absolute atomic E-state index is 0.0666. The smallest absolute Gasteiger partial charge is 0.364 e. The molecular formula is C11H7N3O5. The maximum Gasteiger partial charge on any atom is 0.364 e. The predicted molar refractivity (Wildman–Crippen MR) is 61.7 cm³/mol. The number of nitrogens with zero attached hydrogens (tertiary/aromatic N) is 1. The van der Waals surface area contributed by atoms with E-state index in [9.17, 15) is 19.2 Å². The Morgan fingerprint density at radius 1 is 1.11 bits per heavy atom. The molecule has 0 aromatic carbocycles. The monoisotopic (exact) mass is 261 g/mol. The van der Waals surface area contributed by atoms with E-state index in [1.54, 1.807) is 12.1 Å². The van der Waals surface area contributed by atoms with Gasteiger partial charge in [-0.1, -0.05) is 6.07 Å². The third-order valence-corrected chi connectivity index (χ3v) is 2.04. The second-order valence-electron chi connectivity index (χ2n) is 3.39. The average Bonchev–Trinajstić information content (AvgIpc) is 2.38. The van der Waals surface area contributed by atoms with E-state index in [4.69, 9.17) is 0 Å². The number of carbonyl (C=O) groups excluding carboxylic acids is 2. The Morgan fingerprint density at radius 3 is 2.53 bits per heavy atom. The van der Waals surface area contributed by atoms with Crippen LogP contribution in [0.4, 0.5) is 0 Å². The Morgan fingerprint density at radius 2 is 1.89 bits per heavy atom. The molecule has 8 heteroatoms. The summed E-state index contributed by atoms with van der Waals surface area (Å²) in [5, 5.41) is 0. The molecule has 0 aliphatic heterocycles. The van der Waals surface area contributed by atoms with Crippen LogP contribution < -0.4 is 11.2 Å². The number of ether oxygens (including phenoxy) is 1. The average molecular weight is 261 g/mol. The molecule has 19 heavy (non-hydrogen) atoms. The molecule has 0 aliphatic carbocycles. The molecule has 8 nitrogen and oxygen atoms in total. The van der Waals surface area contributed by atoms with Gasteiger partial charge in [-0.2, -0.15) is 0 Å². The van der Waals surface area contributed by atoms with Crippen molar-refractivity contribution in [3.05, 3.63) is 62.7 Å². The van der Waals surface area contributed by atoms with E-state index in [0.717, 1.165) is 6.07 Å². The Bertz CT molecular complexity index is 703. The van der Waals surface area contributed by atoms with E-state index >= 15 is 0 Å². The molecule has 0 saturated carbocycles. The molecule has 0 radical (unpaired) electrons. The topological polar surface area (TPSA) is 122 Å². The minimum Gasteiger partial charge on any atom is -0.383 e.